The van der Waals surface area contributed by atoms with Gasteiger partial charge in [-0.05, 0) is 58.7 Å². The fourth-order valence-electron chi connectivity index (χ4n) is 2.73. The van der Waals surface area contributed by atoms with Gasteiger partial charge in [-0.15, -0.1) is 0 Å². The van der Waals surface area contributed by atoms with Crippen LogP contribution in [0.25, 0.3) is 0 Å². The Morgan fingerprint density at radius 3 is 2.73 bits per heavy atom. The molecule has 1 saturated heterocycles. The summed E-state index contributed by atoms with van der Waals surface area (Å²) in [7, 11) is 0. The predicted molar refractivity (Wildman–Crippen MR) is 67.2 cm³/mol. The van der Waals surface area contributed by atoms with Gasteiger partial charge >= 0.3 is 0 Å². The molecule has 1 aliphatic heterocycles. The number of piperidine rings is 1. The molecule has 0 aromatic carbocycles. The molecule has 15 heavy (non-hydrogen) atoms. The zero-order chi connectivity index (χ0) is 11.3. The SMILES string of the molecule is CCNCCC(C)N1CCC(C)CC1C. The summed E-state index contributed by atoms with van der Waals surface area (Å²) in [4.78, 5) is 2.69. The molecule has 1 N–H and O–H groups in total. The van der Waals surface area contributed by atoms with Crippen molar-refractivity contribution < 1.29 is 0 Å². The van der Waals surface area contributed by atoms with Crippen LogP contribution in [0.3, 0.4) is 0 Å². The summed E-state index contributed by atoms with van der Waals surface area (Å²) in [5.41, 5.74) is 0. The minimum atomic E-state index is 0.742. The lowest BCUT2D eigenvalue weighted by Gasteiger charge is -2.40. The van der Waals surface area contributed by atoms with E-state index in [0.29, 0.717) is 0 Å². The summed E-state index contributed by atoms with van der Waals surface area (Å²) in [5.74, 6) is 0.928. The molecule has 0 radical (unpaired) electrons. The maximum absolute atomic E-state index is 3.42. The first kappa shape index (κ1) is 13.0. The average Bonchev–Trinajstić information content (AvgIpc) is 2.17. The van der Waals surface area contributed by atoms with Gasteiger partial charge in [-0.3, -0.25) is 4.90 Å². The molecule has 0 aliphatic carbocycles. The van der Waals surface area contributed by atoms with Crippen LogP contribution in [0.1, 0.15) is 47.0 Å². The van der Waals surface area contributed by atoms with Crippen molar-refractivity contribution in [1.82, 2.24) is 10.2 Å². The van der Waals surface area contributed by atoms with Gasteiger partial charge in [0.1, 0.15) is 0 Å². The lowest BCUT2D eigenvalue weighted by Crippen LogP contribution is -2.46. The lowest BCUT2D eigenvalue weighted by atomic mass is 9.92. The van der Waals surface area contributed by atoms with Gasteiger partial charge in [0.25, 0.3) is 0 Å². The maximum Gasteiger partial charge on any atom is 0.00818 e. The van der Waals surface area contributed by atoms with E-state index < -0.39 is 0 Å². The van der Waals surface area contributed by atoms with Crippen LogP contribution < -0.4 is 5.32 Å². The van der Waals surface area contributed by atoms with E-state index in [4.69, 9.17) is 0 Å². The highest BCUT2D eigenvalue weighted by atomic mass is 15.2. The monoisotopic (exact) mass is 212 g/mol. The molecule has 1 rings (SSSR count). The van der Waals surface area contributed by atoms with Gasteiger partial charge in [-0.1, -0.05) is 13.8 Å². The van der Waals surface area contributed by atoms with Crippen molar-refractivity contribution in [2.24, 2.45) is 5.92 Å². The first-order valence-electron chi connectivity index (χ1n) is 6.61. The second-order valence-electron chi connectivity index (χ2n) is 5.21. The van der Waals surface area contributed by atoms with E-state index in [0.717, 1.165) is 31.1 Å². The smallest absolute Gasteiger partial charge is 0.00818 e. The normalized spacial score (nSPS) is 30.4. The average molecular weight is 212 g/mol. The number of nitrogens with one attached hydrogen (secondary N) is 1. The Kier molecular flexibility index (Phi) is 5.62. The summed E-state index contributed by atoms with van der Waals surface area (Å²) in [6.07, 6.45) is 4.05. The van der Waals surface area contributed by atoms with Gasteiger partial charge in [0.2, 0.25) is 0 Å². The lowest BCUT2D eigenvalue weighted by molar-refractivity contribution is 0.0855. The van der Waals surface area contributed by atoms with Crippen molar-refractivity contribution in [3.63, 3.8) is 0 Å². The number of nitrogens with zero attached hydrogens (tertiary/aromatic N) is 1. The quantitative estimate of drug-likeness (QED) is 0.704. The number of likely N-dealkylation sites (tertiary alicyclic amines) is 1. The molecule has 3 unspecified atom stereocenters. The van der Waals surface area contributed by atoms with E-state index in [1.807, 2.05) is 0 Å². The van der Waals surface area contributed by atoms with Crippen molar-refractivity contribution in [3.05, 3.63) is 0 Å². The Hall–Kier alpha value is -0.0800. The summed E-state index contributed by atoms with van der Waals surface area (Å²) < 4.78 is 0. The topological polar surface area (TPSA) is 15.3 Å². The van der Waals surface area contributed by atoms with Crippen molar-refractivity contribution >= 4 is 0 Å². The summed E-state index contributed by atoms with van der Waals surface area (Å²) in [6, 6.07) is 1.52. The van der Waals surface area contributed by atoms with Crippen LogP contribution in [0.4, 0.5) is 0 Å². The van der Waals surface area contributed by atoms with Crippen LogP contribution in [-0.2, 0) is 0 Å². The van der Waals surface area contributed by atoms with Crippen LogP contribution >= 0.6 is 0 Å². The number of hydrogen-bond acceptors (Lipinski definition) is 2. The highest BCUT2D eigenvalue weighted by Gasteiger charge is 2.25. The Labute approximate surface area is 95.4 Å². The minimum Gasteiger partial charge on any atom is -0.317 e. The van der Waals surface area contributed by atoms with E-state index in [2.05, 4.69) is 37.9 Å². The van der Waals surface area contributed by atoms with E-state index >= 15 is 0 Å². The molecule has 2 nitrogen and oxygen atoms in total. The Balaban J connectivity index is 2.28. The Bertz CT molecular complexity index is 170. The number of rotatable bonds is 5. The van der Waals surface area contributed by atoms with Crippen LogP contribution in [0.5, 0.6) is 0 Å². The zero-order valence-electron chi connectivity index (χ0n) is 10.9. The van der Waals surface area contributed by atoms with Crippen molar-refractivity contribution in [2.45, 2.75) is 59.0 Å². The van der Waals surface area contributed by atoms with Gasteiger partial charge in [0, 0.05) is 12.1 Å². The largest absolute Gasteiger partial charge is 0.317 e. The molecule has 0 saturated carbocycles. The van der Waals surface area contributed by atoms with Crippen molar-refractivity contribution in [2.75, 3.05) is 19.6 Å². The second-order valence-corrected chi connectivity index (χ2v) is 5.21. The van der Waals surface area contributed by atoms with Crippen LogP contribution in [0.2, 0.25) is 0 Å². The maximum atomic E-state index is 3.42. The first-order chi connectivity index (χ1) is 7.15. The number of hydrogen-bond donors (Lipinski definition) is 1. The molecule has 0 amide bonds. The fraction of sp³-hybridized carbons (Fsp3) is 1.00. The summed E-state index contributed by atoms with van der Waals surface area (Å²) in [6.45, 7) is 12.9. The van der Waals surface area contributed by atoms with Crippen LogP contribution in [-0.4, -0.2) is 36.6 Å². The molecule has 0 aromatic rings. The van der Waals surface area contributed by atoms with E-state index in [1.165, 1.54) is 25.8 Å². The van der Waals surface area contributed by atoms with E-state index in [1.54, 1.807) is 0 Å². The first-order valence-corrected chi connectivity index (χ1v) is 6.61. The molecule has 90 valence electrons. The van der Waals surface area contributed by atoms with Gasteiger partial charge < -0.3 is 5.32 Å². The van der Waals surface area contributed by atoms with E-state index in [9.17, 15) is 0 Å². The third-order valence-electron chi connectivity index (χ3n) is 3.74. The molecule has 3 atom stereocenters. The summed E-state index contributed by atoms with van der Waals surface area (Å²) >= 11 is 0. The Morgan fingerprint density at radius 2 is 2.13 bits per heavy atom. The van der Waals surface area contributed by atoms with Gasteiger partial charge in [0.05, 0.1) is 0 Å². The molecule has 2 heteroatoms. The third-order valence-corrected chi connectivity index (χ3v) is 3.74. The van der Waals surface area contributed by atoms with Gasteiger partial charge in [0.15, 0.2) is 0 Å². The highest BCUT2D eigenvalue weighted by Crippen LogP contribution is 2.24. The van der Waals surface area contributed by atoms with Crippen molar-refractivity contribution in [1.29, 1.82) is 0 Å². The zero-order valence-corrected chi connectivity index (χ0v) is 10.9. The molecule has 1 aliphatic rings. The summed E-state index contributed by atoms with van der Waals surface area (Å²) in [5, 5.41) is 3.42. The van der Waals surface area contributed by atoms with E-state index in [-0.39, 0.29) is 0 Å². The second kappa shape index (κ2) is 6.49. The predicted octanol–water partition coefficient (Wildman–Crippen LogP) is 2.49. The molecule has 0 bridgehead atoms. The molecule has 0 spiro atoms. The minimum absolute atomic E-state index is 0.742. The van der Waals surface area contributed by atoms with Crippen LogP contribution in [0, 0.1) is 5.92 Å². The molecular weight excluding hydrogens is 184 g/mol. The van der Waals surface area contributed by atoms with Crippen LogP contribution in [0.15, 0.2) is 0 Å². The molecule has 1 heterocycles. The molecular formula is C13H28N2. The highest BCUT2D eigenvalue weighted by molar-refractivity contribution is 4.81. The van der Waals surface area contributed by atoms with Gasteiger partial charge in [-0.25, -0.2) is 0 Å². The molecule has 0 aromatic heterocycles. The Morgan fingerprint density at radius 1 is 1.40 bits per heavy atom. The van der Waals surface area contributed by atoms with Gasteiger partial charge in [-0.2, -0.15) is 0 Å². The third kappa shape index (κ3) is 4.12. The standard InChI is InChI=1S/C13H28N2/c1-5-14-8-6-12(3)15-9-7-11(2)10-13(15)4/h11-14H,5-10H2,1-4H3. The molecule has 1 fully saturated rings. The van der Waals surface area contributed by atoms with Crippen molar-refractivity contribution in [3.8, 4) is 0 Å². The fourth-order valence-corrected chi connectivity index (χ4v) is 2.73.